The van der Waals surface area contributed by atoms with Gasteiger partial charge in [0.15, 0.2) is 5.82 Å². The third kappa shape index (κ3) is 3.51. The Bertz CT molecular complexity index is 882. The summed E-state index contributed by atoms with van der Waals surface area (Å²) in [5.74, 6) is 0.965. The van der Waals surface area contributed by atoms with E-state index in [-0.39, 0.29) is 0 Å². The zero-order valence-corrected chi connectivity index (χ0v) is 15.3. The molecule has 1 fully saturated rings. The largest absolute Gasteiger partial charge is 0.354 e. The molecule has 1 saturated heterocycles. The summed E-state index contributed by atoms with van der Waals surface area (Å²) in [6.07, 6.45) is 4.07. The smallest absolute Gasteiger partial charge is 0.151 e. The van der Waals surface area contributed by atoms with Gasteiger partial charge in [-0.2, -0.15) is 5.10 Å². The normalized spacial score (nSPS) is 17.8. The van der Waals surface area contributed by atoms with Gasteiger partial charge in [-0.05, 0) is 51.1 Å². The summed E-state index contributed by atoms with van der Waals surface area (Å²) < 4.78 is 0. The Morgan fingerprint density at radius 3 is 2.69 bits per heavy atom. The molecule has 2 aromatic heterocycles. The third-order valence-corrected chi connectivity index (χ3v) is 5.14. The Morgan fingerprint density at radius 2 is 1.92 bits per heavy atom. The SMILES string of the molecule is Cc1nc2ccccc2nc1CN(C)C1CCCN(c2cccnn2)C1. The molecule has 3 heterocycles. The molecule has 134 valence electrons. The summed E-state index contributed by atoms with van der Waals surface area (Å²) in [5.41, 5.74) is 3.99. The van der Waals surface area contributed by atoms with Crippen molar-refractivity contribution in [3.05, 3.63) is 54.0 Å². The summed E-state index contributed by atoms with van der Waals surface area (Å²) in [5, 5.41) is 8.28. The summed E-state index contributed by atoms with van der Waals surface area (Å²) in [4.78, 5) is 14.3. The molecular weight excluding hydrogens is 324 g/mol. The van der Waals surface area contributed by atoms with Crippen molar-refractivity contribution in [3.8, 4) is 0 Å². The highest BCUT2D eigenvalue weighted by Crippen LogP contribution is 2.21. The topological polar surface area (TPSA) is 58.0 Å². The number of likely N-dealkylation sites (N-methyl/N-ethyl adjacent to an activating group) is 1. The van der Waals surface area contributed by atoms with Crippen molar-refractivity contribution in [2.75, 3.05) is 25.0 Å². The van der Waals surface area contributed by atoms with Crippen molar-refractivity contribution in [2.45, 2.75) is 32.4 Å². The van der Waals surface area contributed by atoms with E-state index < -0.39 is 0 Å². The molecule has 0 bridgehead atoms. The fourth-order valence-corrected chi connectivity index (χ4v) is 3.62. The molecule has 6 heteroatoms. The van der Waals surface area contributed by atoms with Gasteiger partial charge in [0.25, 0.3) is 0 Å². The van der Waals surface area contributed by atoms with E-state index in [1.54, 1.807) is 6.20 Å². The van der Waals surface area contributed by atoms with Crippen molar-refractivity contribution in [3.63, 3.8) is 0 Å². The number of para-hydroxylation sites is 2. The lowest BCUT2D eigenvalue weighted by atomic mass is 10.0. The van der Waals surface area contributed by atoms with Crippen LogP contribution < -0.4 is 4.90 Å². The lowest BCUT2D eigenvalue weighted by Crippen LogP contribution is -2.46. The van der Waals surface area contributed by atoms with Crippen LogP contribution >= 0.6 is 0 Å². The number of aryl methyl sites for hydroxylation is 1. The quantitative estimate of drug-likeness (QED) is 0.723. The highest BCUT2D eigenvalue weighted by atomic mass is 15.3. The standard InChI is InChI=1S/C20H24N6/c1-15-19(23-18-9-4-3-8-17(18)22-15)14-25(2)16-7-6-12-26(13-16)20-10-5-11-21-24-20/h3-5,8-11,16H,6-7,12-14H2,1-2H3. The Kier molecular flexibility index (Phi) is 4.75. The number of piperidine rings is 1. The maximum atomic E-state index is 4.85. The van der Waals surface area contributed by atoms with E-state index in [0.29, 0.717) is 6.04 Å². The van der Waals surface area contributed by atoms with Gasteiger partial charge < -0.3 is 4.90 Å². The molecule has 1 aliphatic rings. The van der Waals surface area contributed by atoms with Crippen LogP contribution in [0.2, 0.25) is 0 Å². The molecule has 0 saturated carbocycles. The summed E-state index contributed by atoms with van der Waals surface area (Å²) in [6.45, 7) is 4.87. The van der Waals surface area contributed by atoms with Crippen molar-refractivity contribution >= 4 is 16.9 Å². The molecule has 1 aliphatic heterocycles. The van der Waals surface area contributed by atoms with E-state index in [1.807, 2.05) is 36.4 Å². The van der Waals surface area contributed by atoms with Crippen LogP contribution in [0.4, 0.5) is 5.82 Å². The fourth-order valence-electron chi connectivity index (χ4n) is 3.62. The summed E-state index contributed by atoms with van der Waals surface area (Å²) in [7, 11) is 2.18. The zero-order chi connectivity index (χ0) is 17.9. The van der Waals surface area contributed by atoms with Gasteiger partial charge in [-0.3, -0.25) is 4.90 Å². The van der Waals surface area contributed by atoms with Gasteiger partial charge >= 0.3 is 0 Å². The Labute approximate surface area is 153 Å². The Hall–Kier alpha value is -2.60. The van der Waals surface area contributed by atoms with Crippen molar-refractivity contribution in [2.24, 2.45) is 0 Å². The van der Waals surface area contributed by atoms with Gasteiger partial charge in [0.05, 0.1) is 22.4 Å². The molecule has 1 unspecified atom stereocenters. The van der Waals surface area contributed by atoms with E-state index in [1.165, 1.54) is 6.42 Å². The van der Waals surface area contributed by atoms with E-state index in [9.17, 15) is 0 Å². The summed E-state index contributed by atoms with van der Waals surface area (Å²) in [6, 6.07) is 12.5. The molecule has 1 aromatic carbocycles. The van der Waals surface area contributed by atoms with Crippen LogP contribution in [0.5, 0.6) is 0 Å². The lowest BCUT2D eigenvalue weighted by Gasteiger charge is -2.38. The number of anilines is 1. The highest BCUT2D eigenvalue weighted by molar-refractivity contribution is 5.74. The molecule has 0 amide bonds. The molecule has 0 N–H and O–H groups in total. The highest BCUT2D eigenvalue weighted by Gasteiger charge is 2.25. The molecule has 6 nitrogen and oxygen atoms in total. The molecule has 4 rings (SSSR count). The molecule has 0 spiro atoms. The second-order valence-corrected chi connectivity index (χ2v) is 6.98. The van der Waals surface area contributed by atoms with Crippen LogP contribution in [0.3, 0.4) is 0 Å². The first kappa shape index (κ1) is 16.8. The minimum Gasteiger partial charge on any atom is -0.354 e. The van der Waals surface area contributed by atoms with E-state index in [0.717, 1.165) is 54.3 Å². The van der Waals surface area contributed by atoms with Crippen molar-refractivity contribution in [1.82, 2.24) is 25.1 Å². The molecular formula is C20H24N6. The first-order valence-electron chi connectivity index (χ1n) is 9.16. The number of hydrogen-bond donors (Lipinski definition) is 0. The molecule has 1 atom stereocenters. The van der Waals surface area contributed by atoms with Crippen molar-refractivity contribution in [1.29, 1.82) is 0 Å². The number of hydrogen-bond acceptors (Lipinski definition) is 6. The minimum absolute atomic E-state index is 0.471. The zero-order valence-electron chi connectivity index (χ0n) is 15.3. The van der Waals surface area contributed by atoms with Crippen molar-refractivity contribution < 1.29 is 0 Å². The Morgan fingerprint density at radius 1 is 1.12 bits per heavy atom. The predicted molar refractivity (Wildman–Crippen MR) is 103 cm³/mol. The van der Waals surface area contributed by atoms with Crippen LogP contribution in [0.25, 0.3) is 11.0 Å². The monoisotopic (exact) mass is 348 g/mol. The lowest BCUT2D eigenvalue weighted by molar-refractivity contribution is 0.205. The van der Waals surface area contributed by atoms with Crippen LogP contribution in [0.1, 0.15) is 24.2 Å². The Balaban J connectivity index is 1.49. The van der Waals surface area contributed by atoms with Gasteiger partial charge in [0, 0.05) is 31.9 Å². The number of rotatable bonds is 4. The number of aromatic nitrogens is 4. The maximum absolute atomic E-state index is 4.85. The van der Waals surface area contributed by atoms with Crippen LogP contribution in [0, 0.1) is 6.92 Å². The third-order valence-electron chi connectivity index (χ3n) is 5.14. The average molecular weight is 348 g/mol. The van der Waals surface area contributed by atoms with Gasteiger partial charge in [-0.1, -0.05) is 12.1 Å². The number of fused-ring (bicyclic) bond motifs is 1. The number of nitrogens with zero attached hydrogens (tertiary/aromatic N) is 6. The summed E-state index contributed by atoms with van der Waals surface area (Å²) >= 11 is 0. The van der Waals surface area contributed by atoms with E-state index in [2.05, 4.69) is 34.0 Å². The van der Waals surface area contributed by atoms with Gasteiger partial charge in [-0.15, -0.1) is 5.10 Å². The first-order chi connectivity index (χ1) is 12.7. The fraction of sp³-hybridized carbons (Fsp3) is 0.400. The van der Waals surface area contributed by atoms with Gasteiger partial charge in [0.1, 0.15) is 0 Å². The number of benzene rings is 1. The predicted octanol–water partition coefficient (Wildman–Crippen LogP) is 2.83. The van der Waals surface area contributed by atoms with Crippen LogP contribution in [-0.4, -0.2) is 51.2 Å². The van der Waals surface area contributed by atoms with Crippen LogP contribution in [0.15, 0.2) is 42.6 Å². The minimum atomic E-state index is 0.471. The molecule has 26 heavy (non-hydrogen) atoms. The maximum Gasteiger partial charge on any atom is 0.151 e. The van der Waals surface area contributed by atoms with Gasteiger partial charge in [-0.25, -0.2) is 9.97 Å². The van der Waals surface area contributed by atoms with E-state index >= 15 is 0 Å². The van der Waals surface area contributed by atoms with Gasteiger partial charge in [0.2, 0.25) is 0 Å². The molecule has 0 aliphatic carbocycles. The second-order valence-electron chi connectivity index (χ2n) is 6.98. The van der Waals surface area contributed by atoms with E-state index in [4.69, 9.17) is 9.97 Å². The average Bonchev–Trinajstić information content (AvgIpc) is 2.69. The first-order valence-corrected chi connectivity index (χ1v) is 9.16. The molecule has 0 radical (unpaired) electrons. The van der Waals surface area contributed by atoms with Crippen LogP contribution in [-0.2, 0) is 6.54 Å². The second kappa shape index (κ2) is 7.33. The molecule has 3 aromatic rings.